The lowest BCUT2D eigenvalue weighted by atomic mass is 10.3. The van der Waals surface area contributed by atoms with Crippen LogP contribution < -0.4 is 20.1 Å². The minimum Gasteiger partial charge on any atom is -0.497 e. The van der Waals surface area contributed by atoms with Gasteiger partial charge in [-0.1, -0.05) is 0 Å². The second-order valence-electron chi connectivity index (χ2n) is 4.84. The van der Waals surface area contributed by atoms with E-state index >= 15 is 0 Å². The van der Waals surface area contributed by atoms with Gasteiger partial charge in [-0.2, -0.15) is 0 Å². The van der Waals surface area contributed by atoms with Gasteiger partial charge >= 0.3 is 0 Å². The maximum absolute atomic E-state index is 12.1. The fraction of sp³-hybridized carbons (Fsp3) is 0.375. The fourth-order valence-corrected chi connectivity index (χ4v) is 2.68. The molecule has 0 fully saturated rings. The first-order valence-electron chi connectivity index (χ1n) is 7.39. The van der Waals surface area contributed by atoms with Crippen LogP contribution >= 0.6 is 11.3 Å². The molecule has 1 amide bonds. The van der Waals surface area contributed by atoms with E-state index < -0.39 is 6.29 Å². The Balaban J connectivity index is 2.03. The molecule has 0 saturated heterocycles. The lowest BCUT2D eigenvalue weighted by Crippen LogP contribution is -2.34. The van der Waals surface area contributed by atoms with Gasteiger partial charge in [0.05, 0.1) is 26.5 Å². The first-order chi connectivity index (χ1) is 12.1. The average molecular weight is 367 g/mol. The lowest BCUT2D eigenvalue weighted by molar-refractivity contribution is -0.0974. The van der Waals surface area contributed by atoms with Crippen molar-refractivity contribution in [2.75, 3.05) is 40.3 Å². The number of aromatic nitrogens is 1. The van der Waals surface area contributed by atoms with Crippen LogP contribution in [0.5, 0.6) is 11.5 Å². The summed E-state index contributed by atoms with van der Waals surface area (Å²) in [4.78, 5) is 16.4. The molecule has 0 spiro atoms. The van der Waals surface area contributed by atoms with E-state index in [1.165, 1.54) is 25.6 Å². The highest BCUT2D eigenvalue weighted by Crippen LogP contribution is 2.32. The number of nitrogens with one attached hydrogen (secondary N) is 2. The van der Waals surface area contributed by atoms with Gasteiger partial charge in [0.25, 0.3) is 5.91 Å². The van der Waals surface area contributed by atoms with Crippen LogP contribution in [0.3, 0.4) is 0 Å². The maximum atomic E-state index is 12.1. The van der Waals surface area contributed by atoms with Crippen molar-refractivity contribution in [2.45, 2.75) is 6.29 Å². The number of ether oxygens (including phenoxy) is 4. The van der Waals surface area contributed by atoms with Crippen molar-refractivity contribution in [1.29, 1.82) is 0 Å². The van der Waals surface area contributed by atoms with Crippen molar-refractivity contribution >= 4 is 28.1 Å². The second-order valence-corrected chi connectivity index (χ2v) is 5.70. The number of nitrogens with zero attached hydrogens (tertiary/aromatic N) is 1. The van der Waals surface area contributed by atoms with Crippen molar-refractivity contribution in [1.82, 2.24) is 10.3 Å². The molecule has 1 aromatic carbocycles. The van der Waals surface area contributed by atoms with Gasteiger partial charge < -0.3 is 29.6 Å². The van der Waals surface area contributed by atoms with Crippen LogP contribution in [0, 0.1) is 0 Å². The molecule has 2 aromatic rings. The third kappa shape index (κ3) is 5.05. The molecule has 25 heavy (non-hydrogen) atoms. The van der Waals surface area contributed by atoms with Crippen LogP contribution in [0.15, 0.2) is 23.6 Å². The van der Waals surface area contributed by atoms with Gasteiger partial charge in [-0.15, -0.1) is 11.3 Å². The third-order valence-corrected chi connectivity index (χ3v) is 4.10. The Morgan fingerprint density at radius 2 is 1.96 bits per heavy atom. The van der Waals surface area contributed by atoms with Crippen LogP contribution in [0.4, 0.5) is 10.8 Å². The summed E-state index contributed by atoms with van der Waals surface area (Å²) in [7, 11) is 6.18. The van der Waals surface area contributed by atoms with E-state index in [0.717, 1.165) is 5.69 Å². The molecule has 1 aromatic heterocycles. The van der Waals surface area contributed by atoms with E-state index in [-0.39, 0.29) is 12.5 Å². The number of benzene rings is 1. The number of anilines is 2. The number of hydrogen-bond donors (Lipinski definition) is 2. The zero-order chi connectivity index (χ0) is 18.2. The van der Waals surface area contributed by atoms with Crippen LogP contribution in [-0.4, -0.2) is 52.2 Å². The van der Waals surface area contributed by atoms with E-state index in [9.17, 15) is 4.79 Å². The molecule has 2 N–H and O–H groups in total. The average Bonchev–Trinajstić information content (AvgIpc) is 3.11. The van der Waals surface area contributed by atoms with Crippen molar-refractivity contribution in [2.24, 2.45) is 0 Å². The van der Waals surface area contributed by atoms with Gasteiger partial charge in [0.2, 0.25) is 0 Å². The molecule has 0 bridgehead atoms. The van der Waals surface area contributed by atoms with Crippen molar-refractivity contribution < 1.29 is 23.7 Å². The Kier molecular flexibility index (Phi) is 6.99. The van der Waals surface area contributed by atoms with E-state index in [4.69, 9.17) is 18.9 Å². The van der Waals surface area contributed by atoms with Crippen LogP contribution in [-0.2, 0) is 9.47 Å². The highest BCUT2D eigenvalue weighted by Gasteiger charge is 2.14. The topological polar surface area (TPSA) is 90.9 Å². The molecule has 0 aliphatic rings. The fourth-order valence-electron chi connectivity index (χ4n) is 1.98. The molecule has 0 unspecified atom stereocenters. The maximum Gasteiger partial charge on any atom is 0.271 e. The molecular weight excluding hydrogens is 346 g/mol. The van der Waals surface area contributed by atoms with Gasteiger partial charge in [-0.3, -0.25) is 4.79 Å². The number of amides is 1. The summed E-state index contributed by atoms with van der Waals surface area (Å²) < 4.78 is 20.5. The molecule has 136 valence electrons. The summed E-state index contributed by atoms with van der Waals surface area (Å²) in [6.45, 7) is 0.235. The molecular formula is C16H21N3O5S. The first-order valence-corrected chi connectivity index (χ1v) is 8.27. The number of methoxy groups -OCH3 is 4. The smallest absolute Gasteiger partial charge is 0.271 e. The predicted molar refractivity (Wildman–Crippen MR) is 95.1 cm³/mol. The van der Waals surface area contributed by atoms with Gasteiger partial charge in [0.15, 0.2) is 11.4 Å². The Labute approximate surface area is 150 Å². The monoisotopic (exact) mass is 367 g/mol. The number of hydrogen-bond acceptors (Lipinski definition) is 8. The highest BCUT2D eigenvalue weighted by molar-refractivity contribution is 7.14. The largest absolute Gasteiger partial charge is 0.497 e. The van der Waals surface area contributed by atoms with E-state index in [1.54, 1.807) is 25.7 Å². The minimum atomic E-state index is -0.497. The van der Waals surface area contributed by atoms with Crippen LogP contribution in [0.1, 0.15) is 10.5 Å². The second kappa shape index (κ2) is 9.21. The van der Waals surface area contributed by atoms with Crippen LogP contribution in [0.25, 0.3) is 0 Å². The summed E-state index contributed by atoms with van der Waals surface area (Å²) in [6.07, 6.45) is -0.497. The lowest BCUT2D eigenvalue weighted by Gasteiger charge is -2.13. The molecule has 0 aliphatic carbocycles. The SMILES string of the molecule is COc1ccc(Nc2nc(C(=O)NCC(OC)OC)cs2)c(OC)c1. The van der Waals surface area contributed by atoms with Gasteiger partial charge in [-0.25, -0.2) is 4.98 Å². The summed E-state index contributed by atoms with van der Waals surface area (Å²) in [5, 5.41) is 8.08. The third-order valence-electron chi connectivity index (χ3n) is 3.34. The molecule has 1 heterocycles. The van der Waals surface area contributed by atoms with Crippen molar-refractivity contribution in [3.8, 4) is 11.5 Å². The van der Waals surface area contributed by atoms with E-state index in [1.807, 2.05) is 12.1 Å². The highest BCUT2D eigenvalue weighted by atomic mass is 32.1. The van der Waals surface area contributed by atoms with Crippen LogP contribution in [0.2, 0.25) is 0 Å². The molecule has 0 saturated carbocycles. The van der Waals surface area contributed by atoms with E-state index in [2.05, 4.69) is 15.6 Å². The zero-order valence-electron chi connectivity index (χ0n) is 14.5. The van der Waals surface area contributed by atoms with Gasteiger partial charge in [-0.05, 0) is 12.1 Å². The van der Waals surface area contributed by atoms with Gasteiger partial charge in [0.1, 0.15) is 17.2 Å². The van der Waals surface area contributed by atoms with Crippen molar-refractivity contribution in [3.05, 3.63) is 29.3 Å². The predicted octanol–water partition coefficient (Wildman–Crippen LogP) is 2.25. The van der Waals surface area contributed by atoms with Gasteiger partial charge in [0, 0.05) is 25.7 Å². The number of carbonyl (C=O) groups excluding carboxylic acids is 1. The molecule has 9 heteroatoms. The Morgan fingerprint density at radius 1 is 1.20 bits per heavy atom. The molecule has 2 rings (SSSR count). The number of rotatable bonds is 9. The van der Waals surface area contributed by atoms with Crippen molar-refractivity contribution in [3.63, 3.8) is 0 Å². The first kappa shape index (κ1) is 19.0. The van der Waals surface area contributed by atoms with E-state index in [0.29, 0.717) is 22.3 Å². The molecule has 8 nitrogen and oxygen atoms in total. The Morgan fingerprint density at radius 3 is 2.60 bits per heavy atom. The summed E-state index contributed by atoms with van der Waals surface area (Å²) >= 11 is 1.32. The standard InChI is InChI=1S/C16H21N3O5S/c1-21-10-5-6-11(13(7-10)22-2)18-16-19-12(9-25-16)15(20)17-8-14(23-3)24-4/h5-7,9,14H,8H2,1-4H3,(H,17,20)(H,18,19). The number of thiazole rings is 1. The zero-order valence-corrected chi connectivity index (χ0v) is 15.3. The Bertz CT molecular complexity index is 703. The Hall–Kier alpha value is -2.36. The summed E-state index contributed by atoms with van der Waals surface area (Å²) in [6, 6.07) is 5.39. The molecule has 0 radical (unpaired) electrons. The molecule has 0 aliphatic heterocycles. The number of carbonyl (C=O) groups is 1. The quantitative estimate of drug-likeness (QED) is 0.657. The summed E-state index contributed by atoms with van der Waals surface area (Å²) in [5.41, 5.74) is 1.04. The summed E-state index contributed by atoms with van der Waals surface area (Å²) in [5.74, 6) is 1.00. The normalized spacial score (nSPS) is 10.6. The minimum absolute atomic E-state index is 0.235. The molecule has 0 atom stereocenters.